The van der Waals surface area contributed by atoms with Crippen LogP contribution in [-0.4, -0.2) is 30.8 Å². The van der Waals surface area contributed by atoms with Gasteiger partial charge in [-0.1, -0.05) is 39.3 Å². The molecule has 1 unspecified atom stereocenters. The molecular formula is C21H32N2O4. The highest BCUT2D eigenvalue weighted by atomic mass is 16.5. The van der Waals surface area contributed by atoms with Crippen molar-refractivity contribution in [3.63, 3.8) is 0 Å². The number of hydrogen-bond acceptors (Lipinski definition) is 5. The topological polar surface area (TPSA) is 77.0 Å². The quantitative estimate of drug-likeness (QED) is 0.381. The number of rotatable bonds is 10. The molecule has 0 saturated carbocycles. The number of amides is 1. The SMILES string of the molecule is CCCC(C(=O)OCC)/C(C)=N/NC(=O)COc1cc(C)ccc1C(C)C. The number of esters is 1. The highest BCUT2D eigenvalue weighted by Crippen LogP contribution is 2.27. The summed E-state index contributed by atoms with van der Waals surface area (Å²) in [5, 5.41) is 4.07. The van der Waals surface area contributed by atoms with Crippen LogP contribution in [0.4, 0.5) is 0 Å². The molecule has 0 aliphatic rings. The number of aryl methyl sites for hydroxylation is 1. The lowest BCUT2D eigenvalue weighted by molar-refractivity contribution is -0.145. The Morgan fingerprint density at radius 1 is 1.22 bits per heavy atom. The van der Waals surface area contributed by atoms with Crippen molar-refractivity contribution in [3.05, 3.63) is 29.3 Å². The van der Waals surface area contributed by atoms with Crippen LogP contribution in [0, 0.1) is 12.8 Å². The van der Waals surface area contributed by atoms with Crippen LogP contribution < -0.4 is 10.2 Å². The highest BCUT2D eigenvalue weighted by molar-refractivity contribution is 6.01. The third kappa shape index (κ3) is 7.41. The van der Waals surface area contributed by atoms with E-state index in [2.05, 4.69) is 24.4 Å². The van der Waals surface area contributed by atoms with Crippen LogP contribution in [-0.2, 0) is 14.3 Å². The van der Waals surface area contributed by atoms with Crippen molar-refractivity contribution in [1.82, 2.24) is 5.43 Å². The first-order valence-electron chi connectivity index (χ1n) is 9.53. The van der Waals surface area contributed by atoms with Gasteiger partial charge in [0, 0.05) is 5.71 Å². The van der Waals surface area contributed by atoms with Crippen LogP contribution in [0.3, 0.4) is 0 Å². The van der Waals surface area contributed by atoms with Crippen LogP contribution in [0.1, 0.15) is 64.5 Å². The summed E-state index contributed by atoms with van der Waals surface area (Å²) in [7, 11) is 0. The van der Waals surface area contributed by atoms with Gasteiger partial charge in [-0.15, -0.1) is 0 Å². The van der Waals surface area contributed by atoms with E-state index in [1.54, 1.807) is 13.8 Å². The number of hydrazone groups is 1. The molecule has 1 amide bonds. The summed E-state index contributed by atoms with van der Waals surface area (Å²) < 4.78 is 10.8. The fourth-order valence-electron chi connectivity index (χ4n) is 2.68. The van der Waals surface area contributed by atoms with Gasteiger partial charge in [-0.2, -0.15) is 5.10 Å². The smallest absolute Gasteiger partial charge is 0.314 e. The molecule has 1 aromatic carbocycles. The molecule has 6 heteroatoms. The summed E-state index contributed by atoms with van der Waals surface area (Å²) in [6.45, 7) is 11.8. The van der Waals surface area contributed by atoms with Gasteiger partial charge >= 0.3 is 5.97 Å². The molecule has 1 rings (SSSR count). The molecule has 6 nitrogen and oxygen atoms in total. The number of ether oxygens (including phenoxy) is 2. The molecule has 0 saturated heterocycles. The Morgan fingerprint density at radius 2 is 1.93 bits per heavy atom. The molecule has 27 heavy (non-hydrogen) atoms. The zero-order valence-corrected chi connectivity index (χ0v) is 17.3. The molecule has 0 aliphatic heterocycles. The fraction of sp³-hybridized carbons (Fsp3) is 0.571. The Kier molecular flexibility index (Phi) is 9.54. The minimum atomic E-state index is -0.444. The van der Waals surface area contributed by atoms with Crippen molar-refractivity contribution < 1.29 is 19.1 Å². The fourth-order valence-corrected chi connectivity index (χ4v) is 2.68. The molecule has 0 aliphatic carbocycles. The van der Waals surface area contributed by atoms with Crippen molar-refractivity contribution in [2.24, 2.45) is 11.0 Å². The Morgan fingerprint density at radius 3 is 2.52 bits per heavy atom. The number of nitrogens with zero attached hydrogens (tertiary/aromatic N) is 1. The summed E-state index contributed by atoms with van der Waals surface area (Å²) in [6, 6.07) is 5.97. The summed E-state index contributed by atoms with van der Waals surface area (Å²) in [6.07, 6.45) is 1.44. The molecule has 1 atom stereocenters. The number of hydrogen-bond donors (Lipinski definition) is 1. The van der Waals surface area contributed by atoms with Crippen molar-refractivity contribution in [1.29, 1.82) is 0 Å². The highest BCUT2D eigenvalue weighted by Gasteiger charge is 2.22. The molecule has 1 aromatic rings. The van der Waals surface area contributed by atoms with E-state index < -0.39 is 5.92 Å². The number of nitrogens with one attached hydrogen (secondary N) is 1. The number of carbonyl (C=O) groups is 2. The van der Waals surface area contributed by atoms with E-state index >= 15 is 0 Å². The molecule has 0 aromatic heterocycles. The maximum absolute atomic E-state index is 12.1. The third-order valence-corrected chi connectivity index (χ3v) is 4.16. The van der Waals surface area contributed by atoms with Gasteiger partial charge in [0.15, 0.2) is 6.61 Å². The second kappa shape index (κ2) is 11.4. The van der Waals surface area contributed by atoms with Crippen molar-refractivity contribution in [2.45, 2.75) is 60.3 Å². The van der Waals surface area contributed by atoms with Crippen molar-refractivity contribution in [3.8, 4) is 5.75 Å². The van der Waals surface area contributed by atoms with Gasteiger partial charge in [0.2, 0.25) is 0 Å². The van der Waals surface area contributed by atoms with Gasteiger partial charge in [0.25, 0.3) is 5.91 Å². The van der Waals surface area contributed by atoms with E-state index in [1.807, 2.05) is 32.0 Å². The molecule has 1 N–H and O–H groups in total. The van der Waals surface area contributed by atoms with Crippen molar-refractivity contribution >= 4 is 17.6 Å². The first-order chi connectivity index (χ1) is 12.8. The molecule has 0 radical (unpaired) electrons. The maximum Gasteiger partial charge on any atom is 0.314 e. The monoisotopic (exact) mass is 376 g/mol. The first kappa shape index (κ1) is 22.7. The van der Waals surface area contributed by atoms with E-state index in [0.29, 0.717) is 30.4 Å². The maximum atomic E-state index is 12.1. The summed E-state index contributed by atoms with van der Waals surface area (Å²) in [4.78, 5) is 24.1. The molecule has 0 bridgehead atoms. The van der Waals surface area contributed by atoms with Gasteiger partial charge in [0.1, 0.15) is 5.75 Å². The summed E-state index contributed by atoms with van der Waals surface area (Å²) in [5.41, 5.74) is 5.12. The van der Waals surface area contributed by atoms with Gasteiger partial charge in [-0.05, 0) is 50.3 Å². The predicted molar refractivity (Wildman–Crippen MR) is 107 cm³/mol. The standard InChI is InChI=1S/C21H32N2O4/c1-7-9-18(21(25)26-8-2)16(6)22-23-20(24)13-27-19-12-15(5)10-11-17(19)14(3)4/h10-12,14,18H,7-9,13H2,1-6H3,(H,23,24)/b22-16+. The van der Waals surface area contributed by atoms with Gasteiger partial charge in [-0.3, -0.25) is 9.59 Å². The van der Waals surface area contributed by atoms with Crippen LogP contribution >= 0.6 is 0 Å². The molecule has 0 heterocycles. The number of benzene rings is 1. The van der Waals surface area contributed by atoms with E-state index in [4.69, 9.17) is 9.47 Å². The van der Waals surface area contributed by atoms with Gasteiger partial charge < -0.3 is 9.47 Å². The summed E-state index contributed by atoms with van der Waals surface area (Å²) in [5.74, 6) is -0.128. The summed E-state index contributed by atoms with van der Waals surface area (Å²) >= 11 is 0. The Bertz CT molecular complexity index is 668. The molecule has 0 spiro atoms. The minimum absolute atomic E-state index is 0.141. The second-order valence-corrected chi connectivity index (χ2v) is 6.87. The Balaban J connectivity index is 2.70. The Hall–Kier alpha value is -2.37. The average molecular weight is 376 g/mol. The van der Waals surface area contributed by atoms with Crippen LogP contribution in [0.5, 0.6) is 5.75 Å². The lowest BCUT2D eigenvalue weighted by atomic mass is 9.99. The van der Waals surface area contributed by atoms with Crippen LogP contribution in [0.2, 0.25) is 0 Å². The van der Waals surface area contributed by atoms with E-state index in [9.17, 15) is 9.59 Å². The lowest BCUT2D eigenvalue weighted by Gasteiger charge is -2.15. The van der Waals surface area contributed by atoms with E-state index in [1.165, 1.54) is 0 Å². The number of carbonyl (C=O) groups excluding carboxylic acids is 2. The van der Waals surface area contributed by atoms with Gasteiger partial charge in [0.05, 0.1) is 12.5 Å². The second-order valence-electron chi connectivity index (χ2n) is 6.87. The normalized spacial score (nSPS) is 12.6. The van der Waals surface area contributed by atoms with Crippen LogP contribution in [0.25, 0.3) is 0 Å². The molecule has 0 fully saturated rings. The largest absolute Gasteiger partial charge is 0.483 e. The molecule has 150 valence electrons. The van der Waals surface area contributed by atoms with Gasteiger partial charge in [-0.25, -0.2) is 5.43 Å². The molecular weight excluding hydrogens is 344 g/mol. The van der Waals surface area contributed by atoms with Crippen LogP contribution in [0.15, 0.2) is 23.3 Å². The minimum Gasteiger partial charge on any atom is -0.483 e. The average Bonchev–Trinajstić information content (AvgIpc) is 2.62. The zero-order valence-electron chi connectivity index (χ0n) is 17.3. The Labute approximate surface area is 162 Å². The lowest BCUT2D eigenvalue weighted by Crippen LogP contribution is -2.30. The van der Waals surface area contributed by atoms with E-state index in [-0.39, 0.29) is 18.5 Å². The third-order valence-electron chi connectivity index (χ3n) is 4.16. The van der Waals surface area contributed by atoms with E-state index in [0.717, 1.165) is 17.5 Å². The van der Waals surface area contributed by atoms with Crippen molar-refractivity contribution in [2.75, 3.05) is 13.2 Å². The zero-order chi connectivity index (χ0) is 20.4. The first-order valence-corrected chi connectivity index (χ1v) is 9.53. The predicted octanol–water partition coefficient (Wildman–Crippen LogP) is 3.97.